The van der Waals surface area contributed by atoms with Crippen molar-refractivity contribution in [3.63, 3.8) is 0 Å². The number of carbonyl (C=O) groups excluding carboxylic acids is 1. The fraction of sp³-hybridized carbons (Fsp3) is 0.727. The molecule has 0 fully saturated rings. The van der Waals surface area contributed by atoms with Crippen LogP contribution in [0.4, 0.5) is 0 Å². The summed E-state index contributed by atoms with van der Waals surface area (Å²) in [5.41, 5.74) is 0.939. The number of ketones is 1. The van der Waals surface area contributed by atoms with Crippen LogP contribution in [0.25, 0.3) is 0 Å². The van der Waals surface area contributed by atoms with Crippen LogP contribution < -0.4 is 0 Å². The van der Waals surface area contributed by atoms with Crippen molar-refractivity contribution in [3.8, 4) is 0 Å². The van der Waals surface area contributed by atoms with Crippen LogP contribution in [0.2, 0.25) is 0 Å². The highest BCUT2D eigenvalue weighted by Crippen LogP contribution is 2.06. The van der Waals surface area contributed by atoms with E-state index < -0.39 is 0 Å². The highest BCUT2D eigenvalue weighted by atomic mass is 16.1. The number of hydrogen-bond donors (Lipinski definition) is 0. The Bertz CT molecular complexity index is 156. The third-order valence-corrected chi connectivity index (χ3v) is 1.96. The molecule has 1 nitrogen and oxygen atoms in total. The van der Waals surface area contributed by atoms with Gasteiger partial charge in [0.2, 0.25) is 0 Å². The summed E-state index contributed by atoms with van der Waals surface area (Å²) in [4.78, 5) is 11.3. The quantitative estimate of drug-likeness (QED) is 0.438. The monoisotopic (exact) mass is 168 g/mol. The van der Waals surface area contributed by atoms with E-state index in [0.717, 1.165) is 24.8 Å². The molecule has 1 heteroatoms. The average molecular weight is 168 g/mol. The molecule has 0 radical (unpaired) electrons. The summed E-state index contributed by atoms with van der Waals surface area (Å²) in [7, 11) is 0. The first-order chi connectivity index (χ1) is 5.72. The Kier molecular flexibility index (Phi) is 6.73. The lowest BCUT2D eigenvalue weighted by Crippen LogP contribution is -1.98. The van der Waals surface area contributed by atoms with Crippen LogP contribution in [0.3, 0.4) is 0 Å². The van der Waals surface area contributed by atoms with Crippen molar-refractivity contribution in [2.24, 2.45) is 0 Å². The maximum Gasteiger partial charge on any atom is 0.158 e. The highest BCUT2D eigenvalue weighted by Gasteiger charge is 2.02. The lowest BCUT2D eigenvalue weighted by molar-refractivity contribution is -0.115. The van der Waals surface area contributed by atoms with Crippen molar-refractivity contribution in [2.45, 2.75) is 52.9 Å². The van der Waals surface area contributed by atoms with Crippen LogP contribution in [0, 0.1) is 0 Å². The molecule has 0 heterocycles. The number of Topliss-reactive ketones (excluding diaryl/α,β-unsaturated/α-hetero) is 1. The minimum Gasteiger partial charge on any atom is -0.295 e. The second kappa shape index (κ2) is 7.08. The van der Waals surface area contributed by atoms with Gasteiger partial charge in [0.1, 0.15) is 0 Å². The summed E-state index contributed by atoms with van der Waals surface area (Å²) < 4.78 is 0. The van der Waals surface area contributed by atoms with Gasteiger partial charge >= 0.3 is 0 Å². The number of unbranched alkanes of at least 4 members (excludes halogenated alkanes) is 2. The van der Waals surface area contributed by atoms with Gasteiger partial charge in [0, 0.05) is 6.42 Å². The molecule has 0 aromatic heterocycles. The van der Waals surface area contributed by atoms with Gasteiger partial charge in [0.05, 0.1) is 0 Å². The number of hydrogen-bond acceptors (Lipinski definition) is 1. The maximum atomic E-state index is 11.3. The normalized spacial score (nSPS) is 11.8. The number of rotatable bonds is 6. The van der Waals surface area contributed by atoms with Crippen molar-refractivity contribution in [1.82, 2.24) is 0 Å². The molecule has 0 N–H and O–H groups in total. The highest BCUT2D eigenvalue weighted by molar-refractivity contribution is 5.94. The van der Waals surface area contributed by atoms with Crippen molar-refractivity contribution in [1.29, 1.82) is 0 Å². The molecule has 0 spiro atoms. The van der Waals surface area contributed by atoms with E-state index in [1.54, 1.807) is 0 Å². The predicted octanol–water partition coefficient (Wildman–Crippen LogP) is 3.49. The van der Waals surface area contributed by atoms with Crippen LogP contribution in [0.15, 0.2) is 11.6 Å². The van der Waals surface area contributed by atoms with Gasteiger partial charge in [-0.05, 0) is 25.3 Å². The molecule has 0 amide bonds. The van der Waals surface area contributed by atoms with E-state index in [4.69, 9.17) is 0 Å². The molecule has 12 heavy (non-hydrogen) atoms. The molecule has 0 aliphatic carbocycles. The Morgan fingerprint density at radius 2 is 1.92 bits per heavy atom. The van der Waals surface area contributed by atoms with Gasteiger partial charge in [-0.1, -0.05) is 32.8 Å². The summed E-state index contributed by atoms with van der Waals surface area (Å²) in [5, 5.41) is 0. The molecule has 0 aliphatic heterocycles. The smallest absolute Gasteiger partial charge is 0.158 e. The van der Waals surface area contributed by atoms with Crippen LogP contribution in [0.1, 0.15) is 52.9 Å². The largest absolute Gasteiger partial charge is 0.295 e. The summed E-state index contributed by atoms with van der Waals surface area (Å²) in [5.74, 6) is 0.324. The summed E-state index contributed by atoms with van der Waals surface area (Å²) in [6.07, 6.45) is 7.11. The molecular formula is C11H20O. The maximum absolute atomic E-state index is 11.3. The van der Waals surface area contributed by atoms with Gasteiger partial charge in [0.25, 0.3) is 0 Å². The first-order valence-corrected chi connectivity index (χ1v) is 4.92. The van der Waals surface area contributed by atoms with Crippen LogP contribution >= 0.6 is 0 Å². The lowest BCUT2D eigenvalue weighted by atomic mass is 10.1. The van der Waals surface area contributed by atoms with Crippen molar-refractivity contribution < 1.29 is 4.79 Å². The molecule has 70 valence electrons. The van der Waals surface area contributed by atoms with E-state index in [1.807, 2.05) is 13.0 Å². The molecule has 0 aliphatic rings. The molecule has 0 rings (SSSR count). The lowest BCUT2D eigenvalue weighted by Gasteiger charge is -1.99. The molecule has 0 saturated heterocycles. The fourth-order valence-corrected chi connectivity index (χ4v) is 1.15. The van der Waals surface area contributed by atoms with Crippen molar-refractivity contribution in [2.75, 3.05) is 0 Å². The van der Waals surface area contributed by atoms with Gasteiger partial charge in [-0.15, -0.1) is 0 Å². The molecule has 0 atom stereocenters. The van der Waals surface area contributed by atoms with Crippen molar-refractivity contribution >= 4 is 5.78 Å². The summed E-state index contributed by atoms with van der Waals surface area (Å²) in [6, 6.07) is 0. The minimum absolute atomic E-state index is 0.324. The number of carbonyl (C=O) groups is 1. The molecule has 0 unspecified atom stereocenters. The zero-order chi connectivity index (χ0) is 9.40. The minimum atomic E-state index is 0.324. The van der Waals surface area contributed by atoms with E-state index in [9.17, 15) is 4.79 Å². The second-order valence-electron chi connectivity index (χ2n) is 3.18. The van der Waals surface area contributed by atoms with Crippen molar-refractivity contribution in [3.05, 3.63) is 11.6 Å². The van der Waals surface area contributed by atoms with Gasteiger partial charge in [-0.2, -0.15) is 0 Å². The predicted molar refractivity (Wildman–Crippen MR) is 53.2 cm³/mol. The standard InChI is InChI=1S/C11H20O/c1-4-6-7-9-11(12)10(3)8-5-2/h8H,4-7,9H2,1-3H3/b10-8+. The molecule has 0 saturated carbocycles. The van der Waals surface area contributed by atoms with Gasteiger partial charge in [-0.25, -0.2) is 0 Å². The van der Waals surface area contributed by atoms with Crippen LogP contribution in [-0.2, 0) is 4.79 Å². The fourth-order valence-electron chi connectivity index (χ4n) is 1.15. The summed E-state index contributed by atoms with van der Waals surface area (Å²) >= 11 is 0. The molecular weight excluding hydrogens is 148 g/mol. The molecule has 0 aromatic rings. The Morgan fingerprint density at radius 1 is 1.25 bits per heavy atom. The first kappa shape index (κ1) is 11.4. The van der Waals surface area contributed by atoms with Crippen LogP contribution in [0.5, 0.6) is 0 Å². The number of allylic oxidation sites excluding steroid dienone is 2. The third kappa shape index (κ3) is 5.11. The Hall–Kier alpha value is -0.590. The Morgan fingerprint density at radius 3 is 2.42 bits per heavy atom. The molecule has 0 aromatic carbocycles. The third-order valence-electron chi connectivity index (χ3n) is 1.96. The van der Waals surface area contributed by atoms with E-state index >= 15 is 0 Å². The van der Waals surface area contributed by atoms with E-state index in [2.05, 4.69) is 13.8 Å². The van der Waals surface area contributed by atoms with Gasteiger partial charge in [0.15, 0.2) is 5.78 Å². The van der Waals surface area contributed by atoms with Crippen LogP contribution in [-0.4, -0.2) is 5.78 Å². The van der Waals surface area contributed by atoms with E-state index in [-0.39, 0.29) is 0 Å². The zero-order valence-corrected chi connectivity index (χ0v) is 8.52. The zero-order valence-electron chi connectivity index (χ0n) is 8.52. The molecule has 0 bridgehead atoms. The summed E-state index contributed by atoms with van der Waals surface area (Å²) in [6.45, 7) is 6.12. The first-order valence-electron chi connectivity index (χ1n) is 4.92. The second-order valence-corrected chi connectivity index (χ2v) is 3.18. The van der Waals surface area contributed by atoms with E-state index in [0.29, 0.717) is 5.78 Å². The SMILES string of the molecule is CC/C=C(\C)C(=O)CCCCC. The van der Waals surface area contributed by atoms with E-state index in [1.165, 1.54) is 12.8 Å². The van der Waals surface area contributed by atoms with Gasteiger partial charge in [-0.3, -0.25) is 4.79 Å². The topological polar surface area (TPSA) is 17.1 Å². The Balaban J connectivity index is 3.64. The van der Waals surface area contributed by atoms with Gasteiger partial charge < -0.3 is 0 Å². The average Bonchev–Trinajstić information content (AvgIpc) is 2.05. The Labute approximate surface area is 75.9 Å².